The van der Waals surface area contributed by atoms with Crippen LogP contribution in [0.1, 0.15) is 46.5 Å². The average Bonchev–Trinajstić information content (AvgIpc) is 3.31. The van der Waals surface area contributed by atoms with Gasteiger partial charge in [-0.2, -0.15) is 5.26 Å². The number of aryl methyl sites for hydroxylation is 3. The zero-order valence-corrected chi connectivity index (χ0v) is 20.4. The number of benzene rings is 3. The zero-order valence-electron chi connectivity index (χ0n) is 24.4. The molecule has 3 aromatic carbocycles. The van der Waals surface area contributed by atoms with E-state index in [1.54, 1.807) is 12.3 Å². The Kier molecular flexibility index (Phi) is 4.55. The van der Waals surface area contributed by atoms with Gasteiger partial charge in [-0.25, -0.2) is 4.57 Å². The first-order valence-corrected chi connectivity index (χ1v) is 12.2. The van der Waals surface area contributed by atoms with Gasteiger partial charge in [-0.1, -0.05) is 36.4 Å². The minimum atomic E-state index is -2.20. The number of aromatic nitrogens is 1. The van der Waals surface area contributed by atoms with E-state index in [1.165, 1.54) is 0 Å². The minimum Gasteiger partial charge on any atom is -0.454 e. The molecular formula is C32H29N2O2+. The fraction of sp³-hybridized carbons (Fsp3) is 0.250. The second kappa shape index (κ2) is 8.93. The maximum Gasteiger partial charge on any atom is 0.216 e. The molecule has 0 aliphatic carbocycles. The van der Waals surface area contributed by atoms with Crippen LogP contribution in [0.25, 0.3) is 44.3 Å². The number of fused-ring (bicyclic) bond motifs is 3. The van der Waals surface area contributed by atoms with Crippen molar-refractivity contribution >= 4 is 21.9 Å². The maximum atomic E-state index is 10.0. The van der Waals surface area contributed by atoms with Crippen LogP contribution in [0.4, 0.5) is 0 Å². The number of hydrogen-bond acceptors (Lipinski definition) is 3. The molecule has 36 heavy (non-hydrogen) atoms. The van der Waals surface area contributed by atoms with Gasteiger partial charge in [0.25, 0.3) is 0 Å². The number of hydrogen-bond donors (Lipinski definition) is 0. The second-order valence-electron chi connectivity index (χ2n) is 9.42. The number of nitrogens with zero attached hydrogens (tertiary/aromatic N) is 2. The smallest absolute Gasteiger partial charge is 0.216 e. The number of furan rings is 1. The van der Waals surface area contributed by atoms with E-state index < -0.39 is 12.7 Å². The lowest BCUT2D eigenvalue weighted by molar-refractivity contribution is -0.660. The van der Waals surface area contributed by atoms with Crippen molar-refractivity contribution in [3.8, 4) is 28.5 Å². The van der Waals surface area contributed by atoms with Crippen LogP contribution in [0, 0.1) is 25.1 Å². The molecule has 5 aromatic rings. The van der Waals surface area contributed by atoms with E-state index in [-0.39, 0.29) is 5.56 Å². The van der Waals surface area contributed by atoms with E-state index in [1.807, 2.05) is 73.1 Å². The molecule has 6 rings (SSSR count). The summed E-state index contributed by atoms with van der Waals surface area (Å²) in [7, 11) is 1.84. The number of pyridine rings is 1. The van der Waals surface area contributed by atoms with Crippen LogP contribution in [0.5, 0.6) is 0 Å². The summed E-state index contributed by atoms with van der Waals surface area (Å²) in [6, 6.07) is 21.5. The molecule has 0 N–H and O–H groups in total. The molecule has 0 saturated carbocycles. The standard InChI is InChI=1S/C32H29N2O2/c1-20-4-13-28(34(3)19-20)29-21(2)5-11-26-27-12-10-25(18-33)30(32(27)36-31(26)29)24-8-6-22(7-9-24)23-14-16-35-17-15-23/h4-13,19,23H,14-17H2,1-3H3/q+1/i1D3,23D. The summed E-state index contributed by atoms with van der Waals surface area (Å²) in [5.74, 6) is -0.669. The predicted octanol–water partition coefficient (Wildman–Crippen LogP) is 7.13. The van der Waals surface area contributed by atoms with Gasteiger partial charge in [-0.05, 0) is 67.4 Å². The van der Waals surface area contributed by atoms with Gasteiger partial charge in [0.15, 0.2) is 6.20 Å². The first-order chi connectivity index (χ1) is 19.1. The van der Waals surface area contributed by atoms with E-state index in [4.69, 9.17) is 14.6 Å². The Hall–Kier alpha value is -3.94. The van der Waals surface area contributed by atoms with E-state index in [0.29, 0.717) is 42.8 Å². The van der Waals surface area contributed by atoms with Gasteiger partial charge < -0.3 is 9.15 Å². The Morgan fingerprint density at radius 1 is 0.944 bits per heavy atom. The van der Waals surface area contributed by atoms with Crippen LogP contribution in [0.15, 0.2) is 71.3 Å². The highest BCUT2D eigenvalue weighted by Crippen LogP contribution is 2.42. The van der Waals surface area contributed by atoms with Gasteiger partial charge in [0.1, 0.15) is 18.2 Å². The van der Waals surface area contributed by atoms with Crippen LogP contribution >= 0.6 is 0 Å². The van der Waals surface area contributed by atoms with E-state index in [0.717, 1.165) is 44.3 Å². The van der Waals surface area contributed by atoms with Crippen molar-refractivity contribution in [3.63, 3.8) is 0 Å². The third-order valence-corrected chi connectivity index (χ3v) is 7.21. The Morgan fingerprint density at radius 3 is 2.36 bits per heavy atom. The average molecular weight is 478 g/mol. The van der Waals surface area contributed by atoms with Crippen molar-refractivity contribution < 1.29 is 19.2 Å². The SMILES string of the molecule is [2H]C([2H])([2H])c1ccc(-c2c(C)ccc3c2oc2c(-c4ccc(C5([2H])CCOCC5)cc4)c(C#N)ccc23)[n+](C)c1. The monoisotopic (exact) mass is 477 g/mol. The quantitative estimate of drug-likeness (QED) is 0.260. The van der Waals surface area contributed by atoms with Crippen LogP contribution in [-0.2, 0) is 11.8 Å². The van der Waals surface area contributed by atoms with Gasteiger partial charge in [-0.3, -0.25) is 0 Å². The third kappa shape index (κ3) is 3.68. The maximum absolute atomic E-state index is 10.0. The highest BCUT2D eigenvalue weighted by atomic mass is 16.5. The molecule has 0 atom stereocenters. The summed E-state index contributed by atoms with van der Waals surface area (Å²) in [4.78, 5) is 0. The topological polar surface area (TPSA) is 50.0 Å². The largest absolute Gasteiger partial charge is 0.454 e. The Labute approximate surface area is 217 Å². The van der Waals surface area contributed by atoms with Gasteiger partial charge in [0, 0.05) is 46.7 Å². The van der Waals surface area contributed by atoms with Crippen LogP contribution in [-0.4, -0.2) is 13.2 Å². The molecule has 3 heterocycles. The summed E-state index contributed by atoms with van der Waals surface area (Å²) in [6.45, 7) is 0.979. The number of nitriles is 1. The normalized spacial score (nSPS) is 17.2. The third-order valence-electron chi connectivity index (χ3n) is 7.21. The highest BCUT2D eigenvalue weighted by Gasteiger charge is 2.23. The van der Waals surface area contributed by atoms with E-state index in [9.17, 15) is 5.26 Å². The summed E-state index contributed by atoms with van der Waals surface area (Å²) in [5, 5.41) is 11.9. The lowest BCUT2D eigenvalue weighted by Gasteiger charge is -2.22. The molecule has 1 saturated heterocycles. The van der Waals surface area contributed by atoms with Crippen LogP contribution in [0.2, 0.25) is 0 Å². The first-order valence-electron chi connectivity index (χ1n) is 14.2. The summed E-state index contributed by atoms with van der Waals surface area (Å²) >= 11 is 0. The molecule has 1 aliphatic rings. The number of rotatable bonds is 3. The minimum absolute atomic E-state index is 0.271. The lowest BCUT2D eigenvalue weighted by Crippen LogP contribution is -2.31. The molecule has 178 valence electrons. The van der Waals surface area contributed by atoms with Crippen LogP contribution in [0.3, 0.4) is 0 Å². The molecule has 1 fully saturated rings. The molecule has 0 unspecified atom stereocenters. The first kappa shape index (κ1) is 18.3. The van der Waals surface area contributed by atoms with Gasteiger partial charge in [0.2, 0.25) is 5.69 Å². The van der Waals surface area contributed by atoms with Crippen molar-refractivity contribution in [2.24, 2.45) is 7.05 Å². The number of ether oxygens (including phenoxy) is 1. The molecule has 4 heteroatoms. The highest BCUT2D eigenvalue weighted by molar-refractivity contribution is 6.14. The summed E-state index contributed by atoms with van der Waals surface area (Å²) in [5.41, 5.74) is 7.32. The van der Waals surface area contributed by atoms with E-state index in [2.05, 4.69) is 6.07 Å². The molecule has 0 radical (unpaired) electrons. The van der Waals surface area contributed by atoms with Crippen molar-refractivity contribution in [2.75, 3.05) is 13.2 Å². The molecular weight excluding hydrogens is 444 g/mol. The van der Waals surface area contributed by atoms with Crippen molar-refractivity contribution in [1.82, 2.24) is 0 Å². The Morgan fingerprint density at radius 2 is 1.67 bits per heavy atom. The fourth-order valence-corrected chi connectivity index (χ4v) is 5.35. The molecule has 1 aliphatic heterocycles. The Balaban J connectivity index is 1.54. The molecule has 2 aromatic heterocycles. The predicted molar refractivity (Wildman–Crippen MR) is 143 cm³/mol. The van der Waals surface area contributed by atoms with Crippen LogP contribution < -0.4 is 4.57 Å². The Bertz CT molecular complexity index is 1810. The summed E-state index contributed by atoms with van der Waals surface area (Å²) in [6.07, 6.45) is 2.95. The molecule has 0 spiro atoms. The second-order valence-corrected chi connectivity index (χ2v) is 9.42. The molecule has 0 bridgehead atoms. The fourth-order valence-electron chi connectivity index (χ4n) is 5.35. The molecule has 4 nitrogen and oxygen atoms in total. The van der Waals surface area contributed by atoms with E-state index >= 15 is 0 Å². The van der Waals surface area contributed by atoms with Gasteiger partial charge in [0.05, 0.1) is 17.2 Å². The van der Waals surface area contributed by atoms with Gasteiger partial charge >= 0.3 is 0 Å². The lowest BCUT2D eigenvalue weighted by atomic mass is 9.89. The zero-order chi connectivity index (χ0) is 28.2. The van der Waals surface area contributed by atoms with Crippen molar-refractivity contribution in [2.45, 2.75) is 32.5 Å². The summed E-state index contributed by atoms with van der Waals surface area (Å²) < 4.78 is 46.2. The van der Waals surface area contributed by atoms with Gasteiger partial charge in [-0.15, -0.1) is 0 Å². The molecule has 0 amide bonds. The van der Waals surface area contributed by atoms with Crippen molar-refractivity contribution in [1.29, 1.82) is 5.26 Å². The van der Waals surface area contributed by atoms with Crippen molar-refractivity contribution in [3.05, 3.63) is 89.1 Å².